The Morgan fingerprint density at radius 3 is 2.68 bits per heavy atom. The summed E-state index contributed by atoms with van der Waals surface area (Å²) in [5.74, 6) is 0.421. The van der Waals surface area contributed by atoms with Crippen LogP contribution in [0, 0.1) is 25.2 Å². The Labute approximate surface area is 123 Å². The first kappa shape index (κ1) is 14.8. The van der Waals surface area contributed by atoms with Gasteiger partial charge in [0.1, 0.15) is 5.00 Å². The molecule has 1 saturated heterocycles. The first-order chi connectivity index (χ1) is 8.61. The molecule has 6 heteroatoms. The third kappa shape index (κ3) is 2.78. The highest BCUT2D eigenvalue weighted by molar-refractivity contribution is 7.16. The molecular weight excluding hydrogens is 282 g/mol. The fraction of sp³-hybridized carbons (Fsp3) is 0.692. The molecule has 2 heterocycles. The number of hydrogen-bond acceptors (Lipinski definition) is 4. The van der Waals surface area contributed by atoms with Crippen LogP contribution in [0.5, 0.6) is 0 Å². The summed E-state index contributed by atoms with van der Waals surface area (Å²) in [6.07, 6.45) is 3.36. The number of nitrogens with zero attached hydrogens (tertiary/aromatic N) is 1. The van der Waals surface area contributed by atoms with Crippen molar-refractivity contribution >= 4 is 34.7 Å². The lowest BCUT2D eigenvalue weighted by molar-refractivity contribution is -0.118. The molecule has 0 aromatic carbocycles. The van der Waals surface area contributed by atoms with Crippen LogP contribution in [0.15, 0.2) is 0 Å². The van der Waals surface area contributed by atoms with E-state index in [-0.39, 0.29) is 24.2 Å². The number of carbonyl (C=O) groups excluding carboxylic acids is 1. The molecule has 1 aliphatic heterocycles. The van der Waals surface area contributed by atoms with E-state index in [1.807, 2.05) is 13.8 Å². The topological polar surface area (TPSA) is 54.0 Å². The normalized spacial score (nSPS) is 23.8. The second-order valence-electron chi connectivity index (χ2n) is 5.51. The van der Waals surface area contributed by atoms with Crippen molar-refractivity contribution in [3.8, 4) is 0 Å². The number of halogens is 1. The van der Waals surface area contributed by atoms with E-state index < -0.39 is 0 Å². The molecule has 1 aromatic rings. The second-order valence-corrected chi connectivity index (χ2v) is 6.71. The van der Waals surface area contributed by atoms with Gasteiger partial charge >= 0.3 is 0 Å². The van der Waals surface area contributed by atoms with Crippen molar-refractivity contribution in [2.75, 3.05) is 18.4 Å². The van der Waals surface area contributed by atoms with Gasteiger partial charge in [-0.15, -0.1) is 23.7 Å². The first-order valence-electron chi connectivity index (χ1n) is 6.56. The van der Waals surface area contributed by atoms with Crippen LogP contribution in [0.25, 0.3) is 0 Å². The Hall–Kier alpha value is -0.650. The predicted molar refractivity (Wildman–Crippen MR) is 80.1 cm³/mol. The number of amides is 1. The lowest BCUT2D eigenvalue weighted by Crippen LogP contribution is -2.31. The van der Waals surface area contributed by atoms with Gasteiger partial charge in [0.25, 0.3) is 0 Å². The zero-order valence-corrected chi connectivity index (χ0v) is 12.9. The molecule has 106 valence electrons. The maximum atomic E-state index is 12.3. The number of anilines is 1. The number of piperidine rings is 1. The van der Waals surface area contributed by atoms with Gasteiger partial charge in [-0.1, -0.05) is 0 Å². The molecule has 0 bridgehead atoms. The van der Waals surface area contributed by atoms with E-state index in [0.717, 1.165) is 48.1 Å². The Bertz CT molecular complexity index is 482. The molecule has 1 spiro atoms. The van der Waals surface area contributed by atoms with Crippen molar-refractivity contribution in [3.05, 3.63) is 10.7 Å². The Balaban J connectivity index is 0.00000133. The van der Waals surface area contributed by atoms with E-state index in [1.54, 1.807) is 11.3 Å². The minimum absolute atomic E-state index is 0. The van der Waals surface area contributed by atoms with E-state index in [2.05, 4.69) is 15.6 Å². The van der Waals surface area contributed by atoms with Crippen LogP contribution in [0.4, 0.5) is 5.00 Å². The highest BCUT2D eigenvalue weighted by Crippen LogP contribution is 2.58. The van der Waals surface area contributed by atoms with Crippen LogP contribution in [0.1, 0.15) is 30.0 Å². The zero-order chi connectivity index (χ0) is 12.8. The molecule has 4 nitrogen and oxygen atoms in total. The minimum Gasteiger partial charge on any atom is -0.317 e. The first-order valence-corrected chi connectivity index (χ1v) is 7.38. The summed E-state index contributed by atoms with van der Waals surface area (Å²) in [7, 11) is 0. The summed E-state index contributed by atoms with van der Waals surface area (Å²) in [5, 5.41) is 8.36. The fourth-order valence-electron chi connectivity index (χ4n) is 3.04. The molecule has 1 amide bonds. The van der Waals surface area contributed by atoms with Crippen molar-refractivity contribution in [2.45, 2.75) is 33.1 Å². The maximum absolute atomic E-state index is 12.3. The summed E-state index contributed by atoms with van der Waals surface area (Å²) >= 11 is 1.57. The van der Waals surface area contributed by atoms with Gasteiger partial charge in [-0.2, -0.15) is 0 Å². The standard InChI is InChI=1S/C13H19N3OS.ClH/c1-8-12(18-9(2)15-8)16-11(17)10-7-13(10)3-5-14-6-4-13;/h10,14H,3-7H2,1-2H3,(H,16,17);1H. The lowest BCUT2D eigenvalue weighted by atomic mass is 9.92. The summed E-state index contributed by atoms with van der Waals surface area (Å²) < 4.78 is 0. The minimum atomic E-state index is 0. The van der Waals surface area contributed by atoms with Gasteiger partial charge in [-0.05, 0) is 51.6 Å². The van der Waals surface area contributed by atoms with Crippen molar-refractivity contribution < 1.29 is 4.79 Å². The van der Waals surface area contributed by atoms with Crippen molar-refractivity contribution in [1.29, 1.82) is 0 Å². The van der Waals surface area contributed by atoms with E-state index in [4.69, 9.17) is 0 Å². The van der Waals surface area contributed by atoms with Gasteiger partial charge in [0.2, 0.25) is 5.91 Å². The van der Waals surface area contributed by atoms with Crippen LogP contribution >= 0.6 is 23.7 Å². The highest BCUT2D eigenvalue weighted by Gasteiger charge is 2.57. The van der Waals surface area contributed by atoms with E-state index >= 15 is 0 Å². The summed E-state index contributed by atoms with van der Waals surface area (Å²) in [4.78, 5) is 16.6. The van der Waals surface area contributed by atoms with Crippen LogP contribution in [-0.4, -0.2) is 24.0 Å². The maximum Gasteiger partial charge on any atom is 0.228 e. The number of aryl methyl sites for hydroxylation is 2. The molecule has 0 radical (unpaired) electrons. The van der Waals surface area contributed by atoms with Crippen LogP contribution in [0.3, 0.4) is 0 Å². The molecule has 2 aliphatic rings. The smallest absolute Gasteiger partial charge is 0.228 e. The monoisotopic (exact) mass is 301 g/mol. The summed E-state index contributed by atoms with van der Waals surface area (Å²) in [5.41, 5.74) is 1.24. The number of carbonyl (C=O) groups is 1. The van der Waals surface area contributed by atoms with Gasteiger partial charge in [0.05, 0.1) is 10.7 Å². The van der Waals surface area contributed by atoms with E-state index in [9.17, 15) is 4.79 Å². The number of aromatic nitrogens is 1. The molecule has 1 aromatic heterocycles. The van der Waals surface area contributed by atoms with Gasteiger partial charge in [-0.3, -0.25) is 4.79 Å². The summed E-state index contributed by atoms with van der Waals surface area (Å²) in [6.45, 7) is 6.04. The molecule has 1 unspecified atom stereocenters. The zero-order valence-electron chi connectivity index (χ0n) is 11.3. The molecule has 2 N–H and O–H groups in total. The molecule has 19 heavy (non-hydrogen) atoms. The van der Waals surface area contributed by atoms with Crippen LogP contribution in [-0.2, 0) is 4.79 Å². The van der Waals surface area contributed by atoms with E-state index in [0.29, 0.717) is 5.41 Å². The molecule has 1 atom stereocenters. The summed E-state index contributed by atoms with van der Waals surface area (Å²) in [6, 6.07) is 0. The van der Waals surface area contributed by atoms with E-state index in [1.165, 1.54) is 0 Å². The SMILES string of the molecule is Cc1nc(C)c(NC(=O)C2CC23CCNCC3)s1.Cl. The molecule has 2 fully saturated rings. The predicted octanol–water partition coefficient (Wildman–Crippen LogP) is 2.51. The Morgan fingerprint density at radius 1 is 1.42 bits per heavy atom. The quantitative estimate of drug-likeness (QED) is 0.882. The molecular formula is C13H20ClN3OS. The third-order valence-corrected chi connectivity index (χ3v) is 5.23. The van der Waals surface area contributed by atoms with Crippen molar-refractivity contribution in [1.82, 2.24) is 10.3 Å². The highest BCUT2D eigenvalue weighted by atomic mass is 35.5. The number of hydrogen-bond donors (Lipinski definition) is 2. The van der Waals surface area contributed by atoms with Gasteiger partial charge in [0, 0.05) is 5.92 Å². The number of thiazole rings is 1. The van der Waals surface area contributed by atoms with Crippen molar-refractivity contribution in [2.24, 2.45) is 11.3 Å². The second kappa shape index (κ2) is 5.38. The fourth-order valence-corrected chi connectivity index (χ4v) is 3.86. The van der Waals surface area contributed by atoms with Gasteiger partial charge in [-0.25, -0.2) is 4.98 Å². The lowest BCUT2D eigenvalue weighted by Gasteiger charge is -2.23. The molecule has 3 rings (SSSR count). The number of rotatable bonds is 2. The largest absolute Gasteiger partial charge is 0.317 e. The van der Waals surface area contributed by atoms with Gasteiger partial charge in [0.15, 0.2) is 0 Å². The number of nitrogens with one attached hydrogen (secondary N) is 2. The molecule has 1 saturated carbocycles. The van der Waals surface area contributed by atoms with Crippen LogP contribution in [0.2, 0.25) is 0 Å². The average Bonchev–Trinajstić information content (AvgIpc) is 2.93. The third-order valence-electron chi connectivity index (χ3n) is 4.25. The van der Waals surface area contributed by atoms with Gasteiger partial charge < -0.3 is 10.6 Å². The molecule has 1 aliphatic carbocycles. The average molecular weight is 302 g/mol. The Kier molecular flexibility index (Phi) is 4.18. The Morgan fingerprint density at radius 2 is 2.11 bits per heavy atom. The van der Waals surface area contributed by atoms with Crippen molar-refractivity contribution in [3.63, 3.8) is 0 Å². The van der Waals surface area contributed by atoms with Crippen LogP contribution < -0.4 is 10.6 Å².